The Kier molecular flexibility index (Phi) is 5.94. The molecular formula is C22H23NO4. The van der Waals surface area contributed by atoms with Crippen LogP contribution in [0.3, 0.4) is 0 Å². The summed E-state index contributed by atoms with van der Waals surface area (Å²) in [6.07, 6.45) is -0.641. The molecule has 1 amide bonds. The molecule has 3 aromatic rings. The molecule has 0 saturated heterocycles. The summed E-state index contributed by atoms with van der Waals surface area (Å²) in [5.41, 5.74) is 1.44. The molecule has 5 nitrogen and oxygen atoms in total. The molecule has 27 heavy (non-hydrogen) atoms. The first-order valence-electron chi connectivity index (χ1n) is 8.94. The minimum absolute atomic E-state index is 0.00263. The highest BCUT2D eigenvalue weighted by atomic mass is 16.6. The summed E-state index contributed by atoms with van der Waals surface area (Å²) in [6, 6.07) is 19.9. The average Bonchev–Trinajstić information content (AvgIpc) is 2.68. The zero-order valence-corrected chi connectivity index (χ0v) is 15.1. The smallest absolute Gasteiger partial charge is 0.412 e. The lowest BCUT2D eigenvalue weighted by Gasteiger charge is -2.25. The lowest BCUT2D eigenvalue weighted by atomic mass is 9.91. The van der Waals surface area contributed by atoms with Gasteiger partial charge < -0.3 is 14.9 Å². The van der Waals surface area contributed by atoms with Crippen molar-refractivity contribution in [1.29, 1.82) is 0 Å². The third kappa shape index (κ3) is 4.38. The number of phenols is 1. The lowest BCUT2D eigenvalue weighted by molar-refractivity contribution is 0.0676. The zero-order valence-electron chi connectivity index (χ0n) is 15.1. The summed E-state index contributed by atoms with van der Waals surface area (Å²) in [6.45, 7) is 1.93. The van der Waals surface area contributed by atoms with Crippen molar-refractivity contribution in [3.05, 3.63) is 72.3 Å². The third-order valence-corrected chi connectivity index (χ3v) is 4.60. The molecule has 3 aromatic carbocycles. The number of benzene rings is 3. The van der Waals surface area contributed by atoms with Gasteiger partial charge in [-0.1, -0.05) is 55.5 Å². The largest absolute Gasteiger partial charge is 0.507 e. The number of phenolic OH excluding ortho intramolecular Hbond substituents is 1. The van der Waals surface area contributed by atoms with Crippen LogP contribution in [0.2, 0.25) is 0 Å². The number of amides is 1. The molecule has 5 heteroatoms. The number of carbonyl (C=O) groups excluding carboxylic acids is 1. The number of fused-ring (bicyclic) bond motifs is 1. The molecule has 0 radical (unpaired) electrons. The van der Waals surface area contributed by atoms with Crippen LogP contribution < -0.4 is 5.32 Å². The molecule has 0 bridgehead atoms. The fraction of sp³-hybridized carbons (Fsp3) is 0.227. The summed E-state index contributed by atoms with van der Waals surface area (Å²) in [7, 11) is 0. The van der Waals surface area contributed by atoms with E-state index in [1.165, 1.54) is 0 Å². The van der Waals surface area contributed by atoms with E-state index < -0.39 is 12.2 Å². The predicted octanol–water partition coefficient (Wildman–Crippen LogP) is 4.85. The van der Waals surface area contributed by atoms with Crippen molar-refractivity contribution < 1.29 is 19.7 Å². The standard InChI is InChI=1S/C22H23NO4/c1-15(13-14-24)21(27-22(26)23-16-7-3-2-4-8-16)19-11-12-20(25)18-10-6-5-9-17(18)19/h2-12,15,21,24-25H,13-14H2,1H3,(H,23,26)/t15-,21-/m0/s1. The maximum absolute atomic E-state index is 12.5. The van der Waals surface area contributed by atoms with E-state index in [1.54, 1.807) is 24.3 Å². The number of rotatable bonds is 6. The van der Waals surface area contributed by atoms with Crippen LogP contribution in [0.4, 0.5) is 10.5 Å². The van der Waals surface area contributed by atoms with Crippen LogP contribution in [0.1, 0.15) is 25.0 Å². The molecular weight excluding hydrogens is 342 g/mol. The molecule has 0 aliphatic carbocycles. The number of hydrogen-bond donors (Lipinski definition) is 3. The van der Waals surface area contributed by atoms with Crippen molar-refractivity contribution in [1.82, 2.24) is 0 Å². The van der Waals surface area contributed by atoms with Crippen molar-refractivity contribution in [3.63, 3.8) is 0 Å². The maximum atomic E-state index is 12.5. The van der Waals surface area contributed by atoms with Crippen LogP contribution in [-0.2, 0) is 4.74 Å². The average molecular weight is 365 g/mol. The Morgan fingerprint density at radius 3 is 2.37 bits per heavy atom. The van der Waals surface area contributed by atoms with E-state index in [2.05, 4.69) is 5.32 Å². The van der Waals surface area contributed by atoms with E-state index in [0.717, 1.165) is 10.9 Å². The van der Waals surface area contributed by atoms with Gasteiger partial charge in [0.2, 0.25) is 0 Å². The van der Waals surface area contributed by atoms with E-state index >= 15 is 0 Å². The number of hydrogen-bond acceptors (Lipinski definition) is 4. The van der Waals surface area contributed by atoms with Crippen molar-refractivity contribution in [2.75, 3.05) is 11.9 Å². The minimum atomic E-state index is -0.564. The number of aliphatic hydroxyl groups is 1. The highest BCUT2D eigenvalue weighted by Gasteiger charge is 2.25. The molecule has 0 aliphatic rings. The van der Waals surface area contributed by atoms with Gasteiger partial charge in [0, 0.05) is 23.2 Å². The molecule has 3 N–H and O–H groups in total. The molecule has 0 heterocycles. The summed E-state index contributed by atoms with van der Waals surface area (Å²) < 4.78 is 5.76. The van der Waals surface area contributed by atoms with Crippen LogP contribution in [0.15, 0.2) is 66.7 Å². The molecule has 0 saturated carbocycles. The van der Waals surface area contributed by atoms with Crippen LogP contribution in [0.25, 0.3) is 10.8 Å². The van der Waals surface area contributed by atoms with Crippen LogP contribution in [0.5, 0.6) is 5.75 Å². The second kappa shape index (κ2) is 8.56. The SMILES string of the molecule is C[C@@H](CCO)[C@H](OC(=O)Nc1ccccc1)c1ccc(O)c2ccccc12. The Labute approximate surface area is 158 Å². The van der Waals surface area contributed by atoms with E-state index in [9.17, 15) is 15.0 Å². The molecule has 0 aliphatic heterocycles. The molecule has 0 spiro atoms. The van der Waals surface area contributed by atoms with Gasteiger partial charge in [0.15, 0.2) is 0 Å². The maximum Gasteiger partial charge on any atom is 0.412 e. The minimum Gasteiger partial charge on any atom is -0.507 e. The fourth-order valence-corrected chi connectivity index (χ4v) is 3.18. The van der Waals surface area contributed by atoms with Gasteiger partial charge in [-0.05, 0) is 35.9 Å². The van der Waals surface area contributed by atoms with E-state index in [1.807, 2.05) is 49.4 Å². The van der Waals surface area contributed by atoms with Crippen molar-refractivity contribution in [3.8, 4) is 5.75 Å². The Balaban J connectivity index is 1.92. The molecule has 140 valence electrons. The Morgan fingerprint density at radius 1 is 1.00 bits per heavy atom. The van der Waals surface area contributed by atoms with Gasteiger partial charge in [-0.3, -0.25) is 5.32 Å². The first-order chi connectivity index (χ1) is 13.1. The topological polar surface area (TPSA) is 78.8 Å². The first kappa shape index (κ1) is 18.7. The molecule has 0 fully saturated rings. The van der Waals surface area contributed by atoms with Crippen LogP contribution >= 0.6 is 0 Å². The Hall–Kier alpha value is -3.05. The summed E-state index contributed by atoms with van der Waals surface area (Å²) in [4.78, 5) is 12.5. The Morgan fingerprint density at radius 2 is 1.67 bits per heavy atom. The van der Waals surface area contributed by atoms with Gasteiger partial charge in [-0.25, -0.2) is 4.79 Å². The third-order valence-electron chi connectivity index (χ3n) is 4.60. The van der Waals surface area contributed by atoms with Crippen molar-refractivity contribution in [2.24, 2.45) is 5.92 Å². The molecule has 2 atom stereocenters. The second-order valence-corrected chi connectivity index (χ2v) is 6.53. The van der Waals surface area contributed by atoms with Gasteiger partial charge in [-0.2, -0.15) is 0 Å². The van der Waals surface area contributed by atoms with E-state index in [4.69, 9.17) is 4.74 Å². The van der Waals surface area contributed by atoms with Gasteiger partial charge in [0.1, 0.15) is 11.9 Å². The molecule has 0 unspecified atom stereocenters. The quantitative estimate of drug-likeness (QED) is 0.583. The highest BCUT2D eigenvalue weighted by molar-refractivity contribution is 5.91. The number of carbonyl (C=O) groups is 1. The number of para-hydroxylation sites is 1. The summed E-state index contributed by atoms with van der Waals surface area (Å²) in [5.74, 6) is 0.0705. The van der Waals surface area contributed by atoms with Gasteiger partial charge in [0.05, 0.1) is 0 Å². The zero-order chi connectivity index (χ0) is 19.2. The predicted molar refractivity (Wildman–Crippen MR) is 106 cm³/mol. The number of anilines is 1. The fourth-order valence-electron chi connectivity index (χ4n) is 3.18. The molecule has 0 aromatic heterocycles. The van der Waals surface area contributed by atoms with Gasteiger partial charge in [-0.15, -0.1) is 0 Å². The number of aliphatic hydroxyl groups excluding tert-OH is 1. The Bertz CT molecular complexity index is 911. The highest BCUT2D eigenvalue weighted by Crippen LogP contribution is 2.36. The van der Waals surface area contributed by atoms with Crippen LogP contribution in [-0.4, -0.2) is 22.9 Å². The number of aromatic hydroxyl groups is 1. The summed E-state index contributed by atoms with van der Waals surface area (Å²) in [5, 5.41) is 23.7. The monoisotopic (exact) mass is 365 g/mol. The number of ether oxygens (including phenoxy) is 1. The molecule has 3 rings (SSSR count). The van der Waals surface area contributed by atoms with E-state index in [-0.39, 0.29) is 18.3 Å². The summed E-state index contributed by atoms with van der Waals surface area (Å²) >= 11 is 0. The van der Waals surface area contributed by atoms with E-state index in [0.29, 0.717) is 17.5 Å². The van der Waals surface area contributed by atoms with Crippen LogP contribution in [0, 0.1) is 5.92 Å². The van der Waals surface area contributed by atoms with Gasteiger partial charge in [0.25, 0.3) is 0 Å². The van der Waals surface area contributed by atoms with Crippen molar-refractivity contribution >= 4 is 22.6 Å². The second-order valence-electron chi connectivity index (χ2n) is 6.53. The first-order valence-corrected chi connectivity index (χ1v) is 8.94. The normalized spacial score (nSPS) is 13.1. The van der Waals surface area contributed by atoms with Crippen molar-refractivity contribution in [2.45, 2.75) is 19.4 Å². The number of nitrogens with one attached hydrogen (secondary N) is 1. The van der Waals surface area contributed by atoms with Gasteiger partial charge >= 0.3 is 6.09 Å². The lowest BCUT2D eigenvalue weighted by Crippen LogP contribution is -2.22.